The highest BCUT2D eigenvalue weighted by molar-refractivity contribution is 7.91. The van der Waals surface area contributed by atoms with Gasteiger partial charge in [-0.2, -0.15) is 4.98 Å². The molecule has 0 aliphatic carbocycles. The average Bonchev–Trinajstić information content (AvgIpc) is 2.84. The number of aromatic nitrogens is 3. The first kappa shape index (κ1) is 25.6. The van der Waals surface area contributed by atoms with Crippen LogP contribution in [0.1, 0.15) is 20.8 Å². The normalized spacial score (nSPS) is 22.2. The Hall–Kier alpha value is -3.05. The van der Waals surface area contributed by atoms with Gasteiger partial charge in [0.2, 0.25) is 5.95 Å². The van der Waals surface area contributed by atoms with Crippen LogP contribution in [0.3, 0.4) is 0 Å². The van der Waals surface area contributed by atoms with Gasteiger partial charge in [-0.15, -0.1) is 0 Å². The lowest BCUT2D eigenvalue weighted by molar-refractivity contribution is -0.0257. The van der Waals surface area contributed by atoms with Crippen LogP contribution in [-0.4, -0.2) is 78.4 Å². The first-order valence-electron chi connectivity index (χ1n) is 12.6. The van der Waals surface area contributed by atoms with Crippen molar-refractivity contribution in [3.05, 3.63) is 42.7 Å². The lowest BCUT2D eigenvalue weighted by Gasteiger charge is -2.43. The van der Waals surface area contributed by atoms with Crippen LogP contribution in [0.2, 0.25) is 0 Å². The van der Waals surface area contributed by atoms with E-state index in [-0.39, 0.29) is 24.0 Å². The predicted molar refractivity (Wildman–Crippen MR) is 144 cm³/mol. The lowest BCUT2D eigenvalue weighted by Crippen LogP contribution is -2.55. The SMILES string of the molecule is CCS(=O)(=O)CC1CN(c2cccc3cc(Nc4ccnc(N5C[C@@H](F)[C@@H](O)C(C)(C)C5)n4)ncc23)C1. The molecule has 198 valence electrons. The van der Waals surface area contributed by atoms with Crippen LogP contribution in [0.15, 0.2) is 42.7 Å². The molecular formula is C26H33FN6O3S. The van der Waals surface area contributed by atoms with Gasteiger partial charge in [-0.1, -0.05) is 32.9 Å². The van der Waals surface area contributed by atoms with Crippen molar-refractivity contribution in [3.8, 4) is 0 Å². The minimum Gasteiger partial charge on any atom is -0.389 e. The number of nitrogens with zero attached hydrogens (tertiary/aromatic N) is 5. The van der Waals surface area contributed by atoms with Gasteiger partial charge in [-0.05, 0) is 23.6 Å². The Bertz CT molecular complexity index is 1400. The number of nitrogens with one attached hydrogen (secondary N) is 1. The lowest BCUT2D eigenvalue weighted by atomic mass is 9.80. The minimum absolute atomic E-state index is 0.0345. The fourth-order valence-corrected chi connectivity index (χ4v) is 6.32. The Morgan fingerprint density at radius 3 is 2.65 bits per heavy atom. The van der Waals surface area contributed by atoms with Crippen molar-refractivity contribution in [2.75, 3.05) is 52.8 Å². The number of benzene rings is 1. The molecule has 5 rings (SSSR count). The van der Waals surface area contributed by atoms with E-state index in [1.165, 1.54) is 0 Å². The first-order chi connectivity index (χ1) is 17.5. The van der Waals surface area contributed by atoms with E-state index in [1.807, 2.05) is 44.3 Å². The summed E-state index contributed by atoms with van der Waals surface area (Å²) in [6, 6.07) is 9.71. The second-order valence-electron chi connectivity index (χ2n) is 10.7. The molecule has 3 aromatic rings. The molecule has 37 heavy (non-hydrogen) atoms. The Morgan fingerprint density at radius 2 is 1.92 bits per heavy atom. The number of hydrogen-bond donors (Lipinski definition) is 2. The molecule has 2 atom stereocenters. The minimum atomic E-state index is -2.97. The standard InChI is InChI=1S/C26H33FN6O3S/c1-4-37(35,36)15-17-12-32(13-17)21-7-5-6-18-10-23(29-11-19(18)21)30-22-8-9-28-25(31-22)33-14-20(27)24(34)26(2,3)16-33/h5-11,17,20,24,34H,4,12-16H2,1-3H3,(H,28,29,30,31)/t20-,24-/m1/s1. The predicted octanol–water partition coefficient (Wildman–Crippen LogP) is 3.18. The summed E-state index contributed by atoms with van der Waals surface area (Å²) in [5.41, 5.74) is 0.421. The number of hydrogen-bond acceptors (Lipinski definition) is 9. The molecule has 0 spiro atoms. The van der Waals surface area contributed by atoms with Crippen molar-refractivity contribution in [2.45, 2.75) is 33.0 Å². The first-order valence-corrected chi connectivity index (χ1v) is 14.4. The van der Waals surface area contributed by atoms with Gasteiger partial charge in [0.05, 0.1) is 18.4 Å². The molecular weight excluding hydrogens is 495 g/mol. The zero-order valence-corrected chi connectivity index (χ0v) is 22.1. The van der Waals surface area contributed by atoms with Crippen LogP contribution in [0.5, 0.6) is 0 Å². The maximum Gasteiger partial charge on any atom is 0.227 e. The van der Waals surface area contributed by atoms with Gasteiger partial charge in [-0.25, -0.2) is 22.8 Å². The highest BCUT2D eigenvalue weighted by atomic mass is 32.2. The summed E-state index contributed by atoms with van der Waals surface area (Å²) in [7, 11) is -2.97. The molecule has 2 saturated heterocycles. The quantitative estimate of drug-likeness (QED) is 0.478. The van der Waals surface area contributed by atoms with Gasteiger partial charge in [0.15, 0.2) is 0 Å². The van der Waals surface area contributed by atoms with Crippen LogP contribution in [0, 0.1) is 11.3 Å². The summed E-state index contributed by atoms with van der Waals surface area (Å²) in [5.74, 6) is 2.12. The number of rotatable bonds is 7. The number of anilines is 4. The third kappa shape index (κ3) is 5.33. The topological polar surface area (TPSA) is 112 Å². The molecule has 11 heteroatoms. The third-order valence-electron chi connectivity index (χ3n) is 7.29. The third-order valence-corrected chi connectivity index (χ3v) is 9.15. The maximum atomic E-state index is 14.4. The van der Waals surface area contributed by atoms with Crippen molar-refractivity contribution in [3.63, 3.8) is 0 Å². The van der Waals surface area contributed by atoms with Gasteiger partial charge < -0.3 is 20.2 Å². The van der Waals surface area contributed by atoms with Gasteiger partial charge in [0.25, 0.3) is 0 Å². The monoisotopic (exact) mass is 528 g/mol. The van der Waals surface area contributed by atoms with E-state index in [2.05, 4.69) is 25.2 Å². The van der Waals surface area contributed by atoms with Crippen LogP contribution in [0.4, 0.5) is 27.7 Å². The van der Waals surface area contributed by atoms with E-state index in [0.29, 0.717) is 37.2 Å². The molecule has 2 N–H and O–H groups in total. The van der Waals surface area contributed by atoms with Gasteiger partial charge in [0.1, 0.15) is 27.6 Å². The largest absolute Gasteiger partial charge is 0.389 e. The van der Waals surface area contributed by atoms with Gasteiger partial charge in [0, 0.05) is 60.2 Å². The zero-order valence-electron chi connectivity index (χ0n) is 21.3. The van der Waals surface area contributed by atoms with Crippen LogP contribution in [-0.2, 0) is 9.84 Å². The average molecular weight is 529 g/mol. The second-order valence-corrected chi connectivity index (χ2v) is 13.1. The van der Waals surface area contributed by atoms with Crippen molar-refractivity contribution in [1.82, 2.24) is 15.0 Å². The molecule has 0 bridgehead atoms. The molecule has 2 aliphatic rings. The van der Waals surface area contributed by atoms with Crippen molar-refractivity contribution in [2.24, 2.45) is 11.3 Å². The summed E-state index contributed by atoms with van der Waals surface area (Å²) in [5, 5.41) is 15.4. The number of piperidine rings is 1. The van der Waals surface area contributed by atoms with Gasteiger partial charge >= 0.3 is 0 Å². The van der Waals surface area contributed by atoms with E-state index in [9.17, 15) is 17.9 Å². The maximum absolute atomic E-state index is 14.4. The van der Waals surface area contributed by atoms with Crippen LogP contribution < -0.4 is 15.1 Å². The zero-order chi connectivity index (χ0) is 26.4. The van der Waals surface area contributed by atoms with Crippen molar-refractivity contribution < 1.29 is 17.9 Å². The number of aliphatic hydroxyl groups excluding tert-OH is 1. The van der Waals surface area contributed by atoms with E-state index in [0.717, 1.165) is 16.5 Å². The smallest absolute Gasteiger partial charge is 0.227 e. The number of halogens is 1. The number of aliphatic hydroxyl groups is 1. The molecule has 0 unspecified atom stereocenters. The van der Waals surface area contributed by atoms with Crippen LogP contribution >= 0.6 is 0 Å². The molecule has 0 amide bonds. The molecule has 0 saturated carbocycles. The summed E-state index contributed by atoms with van der Waals surface area (Å²) in [6.45, 7) is 7.26. The Kier molecular flexibility index (Phi) is 6.70. The molecule has 2 fully saturated rings. The summed E-state index contributed by atoms with van der Waals surface area (Å²) in [4.78, 5) is 17.4. The summed E-state index contributed by atoms with van der Waals surface area (Å²) < 4.78 is 38.3. The van der Waals surface area contributed by atoms with E-state index < -0.39 is 27.5 Å². The summed E-state index contributed by atoms with van der Waals surface area (Å²) in [6.07, 6.45) is 1.03. The molecule has 2 aliphatic heterocycles. The number of fused-ring (bicyclic) bond motifs is 1. The van der Waals surface area contributed by atoms with E-state index in [1.54, 1.807) is 24.1 Å². The highest BCUT2D eigenvalue weighted by Gasteiger charge is 2.42. The van der Waals surface area contributed by atoms with Crippen LogP contribution in [0.25, 0.3) is 10.8 Å². The molecule has 0 radical (unpaired) electrons. The second kappa shape index (κ2) is 9.68. The molecule has 9 nitrogen and oxygen atoms in total. The highest BCUT2D eigenvalue weighted by Crippen LogP contribution is 2.34. The number of sulfone groups is 1. The molecule has 4 heterocycles. The molecule has 1 aromatic carbocycles. The fraction of sp³-hybridized carbons (Fsp3) is 0.500. The van der Waals surface area contributed by atoms with Crippen molar-refractivity contribution >= 4 is 43.9 Å². The Balaban J connectivity index is 1.30. The molecule has 2 aromatic heterocycles. The van der Waals surface area contributed by atoms with Crippen molar-refractivity contribution in [1.29, 1.82) is 0 Å². The van der Waals surface area contributed by atoms with E-state index in [4.69, 9.17) is 0 Å². The number of alkyl halides is 1. The van der Waals surface area contributed by atoms with Gasteiger partial charge in [-0.3, -0.25) is 0 Å². The van der Waals surface area contributed by atoms with E-state index >= 15 is 0 Å². The fourth-order valence-electron chi connectivity index (χ4n) is 5.15. The Labute approximate surface area is 216 Å². The number of pyridine rings is 1. The summed E-state index contributed by atoms with van der Waals surface area (Å²) >= 11 is 0. The Morgan fingerprint density at radius 1 is 1.14 bits per heavy atom.